The first-order chi connectivity index (χ1) is 16.8. The van der Waals surface area contributed by atoms with Crippen molar-refractivity contribution in [1.82, 2.24) is 10.6 Å². The molecular weight excluding hydrogens is 488 g/mol. The van der Waals surface area contributed by atoms with Crippen molar-refractivity contribution in [2.75, 3.05) is 5.75 Å². The second-order valence-corrected chi connectivity index (χ2v) is 10.1. The molecule has 0 aliphatic carbocycles. The summed E-state index contributed by atoms with van der Waals surface area (Å²) in [6.07, 6.45) is 4.24. The van der Waals surface area contributed by atoms with Crippen LogP contribution in [0.3, 0.4) is 0 Å². The number of nitrogens with one attached hydrogen (secondary N) is 2. The third-order valence-electron chi connectivity index (χ3n) is 5.15. The molecule has 0 saturated heterocycles. The Kier molecular flexibility index (Phi) is 12.8. The second kappa shape index (κ2) is 15.5. The molecule has 2 rings (SSSR count). The zero-order valence-corrected chi connectivity index (χ0v) is 22.1. The van der Waals surface area contributed by atoms with Crippen LogP contribution in [0.25, 0.3) is 0 Å². The summed E-state index contributed by atoms with van der Waals surface area (Å²) in [7, 11) is 0. The molecule has 0 aliphatic rings. The van der Waals surface area contributed by atoms with Crippen LogP contribution >= 0.6 is 23.4 Å². The number of benzene rings is 1. The Morgan fingerprint density at radius 3 is 2.37 bits per heavy atom. The highest BCUT2D eigenvalue weighted by Crippen LogP contribution is 2.16. The van der Waals surface area contributed by atoms with Crippen molar-refractivity contribution in [1.29, 1.82) is 0 Å². The number of halogens is 1. The van der Waals surface area contributed by atoms with Crippen molar-refractivity contribution in [3.63, 3.8) is 0 Å². The average Bonchev–Trinajstić information content (AvgIpc) is 3.35. The Bertz CT molecular complexity index is 908. The molecule has 1 aromatic carbocycles. The molecule has 2 N–H and O–H groups in total. The average molecular weight is 523 g/mol. The quantitative estimate of drug-likeness (QED) is 0.303. The van der Waals surface area contributed by atoms with Crippen molar-refractivity contribution in [3.8, 4) is 5.75 Å². The topological polar surface area (TPSA) is 97.6 Å². The molecule has 0 bridgehead atoms. The minimum Gasteiger partial charge on any atom is -0.468 e. The highest BCUT2D eigenvalue weighted by atomic mass is 35.5. The van der Waals surface area contributed by atoms with Crippen LogP contribution in [0, 0.1) is 5.92 Å². The van der Waals surface area contributed by atoms with E-state index in [1.807, 2.05) is 32.9 Å². The van der Waals surface area contributed by atoms with Gasteiger partial charge in [-0.1, -0.05) is 63.4 Å². The summed E-state index contributed by atoms with van der Waals surface area (Å²) in [5.74, 6) is 1.14. The maximum absolute atomic E-state index is 13.1. The molecule has 7 nitrogen and oxygen atoms in total. The predicted octanol–water partition coefficient (Wildman–Crippen LogP) is 4.93. The number of amides is 2. The number of carbonyl (C=O) groups is 3. The van der Waals surface area contributed by atoms with Crippen molar-refractivity contribution < 1.29 is 23.5 Å². The van der Waals surface area contributed by atoms with Gasteiger partial charge in [0.1, 0.15) is 17.6 Å². The summed E-state index contributed by atoms with van der Waals surface area (Å²) in [6.45, 7) is 5.94. The molecular formula is C26H35ClN2O5S. The summed E-state index contributed by atoms with van der Waals surface area (Å²) < 4.78 is 10.8. The van der Waals surface area contributed by atoms with Crippen LogP contribution in [0.2, 0.25) is 0 Å². The van der Waals surface area contributed by atoms with Crippen molar-refractivity contribution >= 4 is 41.0 Å². The lowest BCUT2D eigenvalue weighted by Gasteiger charge is -2.25. The van der Waals surface area contributed by atoms with Gasteiger partial charge in [-0.05, 0) is 43.0 Å². The number of rotatable bonds is 16. The third kappa shape index (κ3) is 10.8. The minimum absolute atomic E-state index is 0.0550. The molecule has 35 heavy (non-hydrogen) atoms. The van der Waals surface area contributed by atoms with Gasteiger partial charge in [0.15, 0.2) is 5.78 Å². The number of hydrogen-bond acceptors (Lipinski definition) is 6. The third-order valence-corrected chi connectivity index (χ3v) is 6.41. The van der Waals surface area contributed by atoms with Crippen LogP contribution in [0.1, 0.15) is 52.2 Å². The summed E-state index contributed by atoms with van der Waals surface area (Å²) >= 11 is 7.59. The molecule has 3 atom stereocenters. The SMILES string of the molecule is CCCC[C@H](NC(=O)[C@H](CC(C)C)NC(=O)C(Cl)Oc1ccccc1)C(=O)CSCc1ccco1. The van der Waals surface area contributed by atoms with Crippen molar-refractivity contribution in [2.24, 2.45) is 5.92 Å². The van der Waals surface area contributed by atoms with Gasteiger partial charge >= 0.3 is 0 Å². The Labute approximate surface area is 216 Å². The van der Waals surface area contributed by atoms with Crippen LogP contribution in [-0.4, -0.2) is 41.0 Å². The Balaban J connectivity index is 1.98. The number of carbonyl (C=O) groups excluding carboxylic acids is 3. The van der Waals surface area contributed by atoms with Crippen LogP contribution in [0.15, 0.2) is 53.1 Å². The first-order valence-electron chi connectivity index (χ1n) is 11.9. The molecule has 0 fully saturated rings. The maximum atomic E-state index is 13.1. The number of alkyl halides is 1. The van der Waals surface area contributed by atoms with E-state index in [9.17, 15) is 14.4 Å². The van der Waals surface area contributed by atoms with Gasteiger partial charge in [-0.3, -0.25) is 14.4 Å². The van der Waals surface area contributed by atoms with E-state index in [2.05, 4.69) is 10.6 Å². The molecule has 1 heterocycles. The maximum Gasteiger partial charge on any atom is 0.277 e. The molecule has 0 radical (unpaired) electrons. The number of furan rings is 1. The van der Waals surface area contributed by atoms with E-state index >= 15 is 0 Å². The molecule has 0 aliphatic heterocycles. The largest absolute Gasteiger partial charge is 0.468 e. The van der Waals surface area contributed by atoms with E-state index in [4.69, 9.17) is 20.8 Å². The van der Waals surface area contributed by atoms with E-state index in [0.717, 1.165) is 18.6 Å². The molecule has 1 aromatic heterocycles. The van der Waals surface area contributed by atoms with Gasteiger partial charge in [0, 0.05) is 0 Å². The second-order valence-electron chi connectivity index (χ2n) is 8.68. The van der Waals surface area contributed by atoms with E-state index in [1.54, 1.807) is 36.6 Å². The summed E-state index contributed by atoms with van der Waals surface area (Å²) in [4.78, 5) is 38.7. The van der Waals surface area contributed by atoms with Gasteiger partial charge in [-0.15, -0.1) is 11.8 Å². The lowest BCUT2D eigenvalue weighted by Crippen LogP contribution is -2.53. The lowest BCUT2D eigenvalue weighted by molar-refractivity contribution is -0.132. The van der Waals surface area contributed by atoms with Gasteiger partial charge < -0.3 is 19.8 Å². The highest BCUT2D eigenvalue weighted by molar-refractivity contribution is 7.99. The first-order valence-corrected chi connectivity index (χ1v) is 13.5. The van der Waals surface area contributed by atoms with Crippen LogP contribution < -0.4 is 15.4 Å². The molecule has 1 unspecified atom stereocenters. The van der Waals surface area contributed by atoms with E-state index in [-0.39, 0.29) is 17.5 Å². The fourth-order valence-corrected chi connectivity index (χ4v) is 4.39. The summed E-state index contributed by atoms with van der Waals surface area (Å²) in [5, 5.41) is 5.56. The number of Topliss-reactive ketones (excluding diaryl/α,β-unsaturated/α-hetero) is 1. The normalized spacial score (nSPS) is 13.6. The fourth-order valence-electron chi connectivity index (χ4n) is 3.35. The molecule has 9 heteroatoms. The standard InChI is InChI=1S/C26H35ClN2O5S/c1-4-5-13-21(23(30)17-35-16-20-12-9-14-33-20)28-25(31)22(15-18(2)3)29-26(32)24(27)34-19-10-7-6-8-11-19/h6-12,14,18,21-22,24H,4-5,13,15-17H2,1-3H3,(H,28,31)(H,29,32)/t21-,22-,24?/m0/s1. The molecule has 2 aromatic rings. The predicted molar refractivity (Wildman–Crippen MR) is 139 cm³/mol. The Morgan fingerprint density at radius 1 is 1.03 bits per heavy atom. The summed E-state index contributed by atoms with van der Waals surface area (Å²) in [6, 6.07) is 11.0. The number of ketones is 1. The van der Waals surface area contributed by atoms with Gasteiger partial charge in [0.2, 0.25) is 11.5 Å². The number of hydrogen-bond donors (Lipinski definition) is 2. The first kappa shape index (κ1) is 28.8. The fraction of sp³-hybridized carbons (Fsp3) is 0.500. The van der Waals surface area contributed by atoms with E-state index in [0.29, 0.717) is 24.3 Å². The molecule has 2 amide bonds. The summed E-state index contributed by atoms with van der Waals surface area (Å²) in [5.41, 5.74) is -1.30. The van der Waals surface area contributed by atoms with Crippen molar-refractivity contribution in [2.45, 2.75) is 69.9 Å². The van der Waals surface area contributed by atoms with E-state index in [1.165, 1.54) is 11.8 Å². The number of unbranched alkanes of at least 4 members (excludes halogenated alkanes) is 1. The van der Waals surface area contributed by atoms with E-state index < -0.39 is 29.5 Å². The minimum atomic E-state index is -1.30. The number of ether oxygens (including phenoxy) is 1. The van der Waals surface area contributed by atoms with Gasteiger partial charge in [0.25, 0.3) is 5.91 Å². The Hall–Kier alpha value is -2.45. The number of thioether (sulfide) groups is 1. The Morgan fingerprint density at radius 2 is 1.74 bits per heavy atom. The molecule has 0 saturated carbocycles. The highest BCUT2D eigenvalue weighted by Gasteiger charge is 2.29. The van der Waals surface area contributed by atoms with Crippen LogP contribution in [-0.2, 0) is 20.1 Å². The molecule has 192 valence electrons. The van der Waals surface area contributed by atoms with Crippen LogP contribution in [0.5, 0.6) is 5.75 Å². The van der Waals surface area contributed by atoms with Crippen LogP contribution in [0.4, 0.5) is 0 Å². The zero-order chi connectivity index (χ0) is 25.6. The zero-order valence-electron chi connectivity index (χ0n) is 20.5. The monoisotopic (exact) mass is 522 g/mol. The van der Waals surface area contributed by atoms with Gasteiger partial charge in [0.05, 0.1) is 23.8 Å². The van der Waals surface area contributed by atoms with Gasteiger partial charge in [-0.2, -0.15) is 0 Å². The smallest absolute Gasteiger partial charge is 0.277 e. The van der Waals surface area contributed by atoms with Gasteiger partial charge in [-0.25, -0.2) is 0 Å². The van der Waals surface area contributed by atoms with Crippen molar-refractivity contribution in [3.05, 3.63) is 54.5 Å². The number of para-hydroxylation sites is 1. The lowest BCUT2D eigenvalue weighted by atomic mass is 10.0. The molecule has 0 spiro atoms.